The molecule has 130 valence electrons. The summed E-state index contributed by atoms with van der Waals surface area (Å²) in [4.78, 5) is 0. The van der Waals surface area contributed by atoms with E-state index in [4.69, 9.17) is 0 Å². The second-order valence-electron chi connectivity index (χ2n) is 5.26. The molecule has 0 aliphatic heterocycles. The zero-order chi connectivity index (χ0) is 17.8. The van der Waals surface area contributed by atoms with Crippen LogP contribution in [-0.2, 0) is 18.5 Å². The fraction of sp³-hybridized carbons (Fsp3) is 0.538. The van der Waals surface area contributed by atoms with Crippen molar-refractivity contribution in [2.24, 2.45) is 5.92 Å². The maximum atomic E-state index is 13.0. The predicted octanol–water partition coefficient (Wildman–Crippen LogP) is 5.19. The third-order valence-electron chi connectivity index (χ3n) is 3.48. The van der Waals surface area contributed by atoms with E-state index in [2.05, 4.69) is 0 Å². The molecule has 1 aliphatic rings. The Morgan fingerprint density at radius 3 is 1.43 bits per heavy atom. The lowest BCUT2D eigenvalue weighted by Crippen LogP contribution is -2.22. The van der Waals surface area contributed by atoms with Crippen LogP contribution < -0.4 is 0 Å². The average Bonchev–Trinajstić information content (AvgIpc) is 3.17. The molecule has 0 aromatic heterocycles. The lowest BCUT2D eigenvalue weighted by molar-refractivity contribution is -0.151. The Morgan fingerprint density at radius 1 is 0.783 bits per heavy atom. The Bertz CT molecular complexity index is 558. The van der Waals surface area contributed by atoms with Crippen molar-refractivity contribution in [1.82, 2.24) is 0 Å². The molecule has 0 bridgehead atoms. The molecule has 23 heavy (non-hydrogen) atoms. The lowest BCUT2D eigenvalue weighted by Gasteiger charge is -2.24. The molecule has 0 heterocycles. The van der Waals surface area contributed by atoms with Crippen LogP contribution in [0.15, 0.2) is 12.1 Å². The number of rotatable bonds is 2. The highest BCUT2D eigenvalue weighted by Crippen LogP contribution is 2.50. The Hall–Kier alpha value is -1.45. The molecule has 1 atom stereocenters. The number of hydrogen-bond donors (Lipinski definition) is 1. The highest BCUT2D eigenvalue weighted by atomic mass is 19.4. The molecule has 0 saturated heterocycles. The van der Waals surface area contributed by atoms with Gasteiger partial charge in [-0.1, -0.05) is 0 Å². The monoisotopic (exact) mass is 352 g/mol. The van der Waals surface area contributed by atoms with Gasteiger partial charge in [0, 0.05) is 5.56 Å². The summed E-state index contributed by atoms with van der Waals surface area (Å²) in [5.74, 6) is -0.825. The van der Waals surface area contributed by atoms with Crippen LogP contribution in [0.5, 0.6) is 0 Å². The van der Waals surface area contributed by atoms with Crippen LogP contribution in [0.4, 0.5) is 39.5 Å². The zero-order valence-electron chi connectivity index (χ0n) is 11.1. The summed E-state index contributed by atoms with van der Waals surface area (Å²) >= 11 is 0. The van der Waals surface area contributed by atoms with Crippen LogP contribution in [0.25, 0.3) is 0 Å². The molecule has 1 N–H and O–H groups in total. The molecule has 0 spiro atoms. The zero-order valence-corrected chi connectivity index (χ0v) is 11.1. The molecule has 2 rings (SSSR count). The SMILES string of the molecule is OC(c1c(C(F)(F)F)cc(C(F)(F)F)cc1C(F)(F)F)C1CC1. The van der Waals surface area contributed by atoms with Crippen LogP contribution in [0.1, 0.15) is 41.2 Å². The van der Waals surface area contributed by atoms with Gasteiger partial charge in [-0.15, -0.1) is 0 Å². The van der Waals surface area contributed by atoms with E-state index >= 15 is 0 Å². The van der Waals surface area contributed by atoms with Gasteiger partial charge in [-0.3, -0.25) is 0 Å². The first kappa shape index (κ1) is 17.9. The molecule has 1 unspecified atom stereocenters. The van der Waals surface area contributed by atoms with Crippen molar-refractivity contribution >= 4 is 0 Å². The van der Waals surface area contributed by atoms with Gasteiger partial charge in [-0.2, -0.15) is 39.5 Å². The molecule has 1 nitrogen and oxygen atoms in total. The first-order valence-corrected chi connectivity index (χ1v) is 6.30. The van der Waals surface area contributed by atoms with E-state index in [1.54, 1.807) is 0 Å². The van der Waals surface area contributed by atoms with Gasteiger partial charge in [0.2, 0.25) is 0 Å². The Kier molecular flexibility index (Phi) is 4.11. The number of aliphatic hydroxyl groups excluding tert-OH is 1. The molecule has 1 aliphatic carbocycles. The number of hydrogen-bond acceptors (Lipinski definition) is 1. The van der Waals surface area contributed by atoms with Gasteiger partial charge >= 0.3 is 18.5 Å². The van der Waals surface area contributed by atoms with Gasteiger partial charge in [-0.25, -0.2) is 0 Å². The van der Waals surface area contributed by atoms with Crippen molar-refractivity contribution in [3.63, 3.8) is 0 Å². The standard InChI is InChI=1S/C13H9F9O/c14-11(15,16)6-3-7(12(17,18)19)9(10(23)5-1-2-5)8(4-6)13(20,21)22/h3-5,10,23H,1-2H2. The summed E-state index contributed by atoms with van der Waals surface area (Å²) in [7, 11) is 0. The normalized spacial score (nSPS) is 18.2. The van der Waals surface area contributed by atoms with Gasteiger partial charge in [0.25, 0.3) is 0 Å². The number of halogens is 9. The second kappa shape index (κ2) is 5.29. The van der Waals surface area contributed by atoms with E-state index in [-0.39, 0.29) is 12.8 Å². The van der Waals surface area contributed by atoms with Crippen LogP contribution in [-0.4, -0.2) is 5.11 Å². The largest absolute Gasteiger partial charge is 0.416 e. The summed E-state index contributed by atoms with van der Waals surface area (Å²) in [5.41, 5.74) is -7.83. The predicted molar refractivity (Wildman–Crippen MR) is 59.1 cm³/mol. The Morgan fingerprint density at radius 2 is 1.17 bits per heavy atom. The highest BCUT2D eigenvalue weighted by molar-refractivity contribution is 5.45. The smallest absolute Gasteiger partial charge is 0.388 e. The minimum atomic E-state index is -5.47. The molecular weight excluding hydrogens is 343 g/mol. The second-order valence-corrected chi connectivity index (χ2v) is 5.26. The maximum Gasteiger partial charge on any atom is 0.416 e. The van der Waals surface area contributed by atoms with Gasteiger partial charge in [0.05, 0.1) is 22.8 Å². The average molecular weight is 352 g/mol. The minimum absolute atomic E-state index is 0.205. The van der Waals surface area contributed by atoms with E-state index in [0.29, 0.717) is 0 Å². The van der Waals surface area contributed by atoms with Crippen LogP contribution >= 0.6 is 0 Å². The third kappa shape index (κ3) is 3.73. The minimum Gasteiger partial charge on any atom is -0.388 e. The lowest BCUT2D eigenvalue weighted by atomic mass is 9.90. The first-order valence-electron chi connectivity index (χ1n) is 6.30. The summed E-state index contributed by atoms with van der Waals surface area (Å²) < 4.78 is 116. The van der Waals surface area contributed by atoms with Gasteiger partial charge < -0.3 is 5.11 Å². The van der Waals surface area contributed by atoms with E-state index in [1.165, 1.54) is 0 Å². The quantitative estimate of drug-likeness (QED) is 0.727. The van der Waals surface area contributed by atoms with E-state index in [9.17, 15) is 44.6 Å². The van der Waals surface area contributed by atoms with Crippen LogP contribution in [0.3, 0.4) is 0 Å². The molecule has 0 radical (unpaired) electrons. The summed E-state index contributed by atoms with van der Waals surface area (Å²) in [6, 6.07) is -0.785. The van der Waals surface area contributed by atoms with E-state index in [0.717, 1.165) is 0 Å². The van der Waals surface area contributed by atoms with Crippen molar-refractivity contribution in [2.45, 2.75) is 37.5 Å². The first-order chi connectivity index (χ1) is 10.2. The summed E-state index contributed by atoms with van der Waals surface area (Å²) in [6.07, 6.45) is -18.0. The fourth-order valence-corrected chi connectivity index (χ4v) is 2.25. The third-order valence-corrected chi connectivity index (χ3v) is 3.48. The molecular formula is C13H9F9O. The number of benzene rings is 1. The molecule has 1 saturated carbocycles. The number of alkyl halides is 9. The van der Waals surface area contributed by atoms with Crippen LogP contribution in [0, 0.1) is 5.92 Å². The van der Waals surface area contributed by atoms with E-state index < -0.39 is 64.9 Å². The van der Waals surface area contributed by atoms with Crippen LogP contribution in [0.2, 0.25) is 0 Å². The molecule has 10 heteroatoms. The fourth-order valence-electron chi connectivity index (χ4n) is 2.25. The van der Waals surface area contributed by atoms with Crippen molar-refractivity contribution < 1.29 is 44.6 Å². The van der Waals surface area contributed by atoms with Crippen molar-refractivity contribution in [2.75, 3.05) is 0 Å². The van der Waals surface area contributed by atoms with Crippen molar-refractivity contribution in [3.8, 4) is 0 Å². The Labute approximate surface area is 123 Å². The molecule has 1 aromatic rings. The van der Waals surface area contributed by atoms with Crippen molar-refractivity contribution in [3.05, 3.63) is 34.4 Å². The maximum absolute atomic E-state index is 13.0. The Balaban J connectivity index is 2.79. The van der Waals surface area contributed by atoms with Gasteiger partial charge in [0.1, 0.15) is 0 Å². The topological polar surface area (TPSA) is 20.2 Å². The summed E-state index contributed by atoms with van der Waals surface area (Å²) in [6.45, 7) is 0. The molecule has 1 fully saturated rings. The molecule has 0 amide bonds. The highest BCUT2D eigenvalue weighted by Gasteiger charge is 2.48. The summed E-state index contributed by atoms with van der Waals surface area (Å²) in [5, 5.41) is 9.76. The van der Waals surface area contributed by atoms with Gasteiger partial charge in [-0.05, 0) is 30.9 Å². The number of aliphatic hydroxyl groups is 1. The molecule has 1 aromatic carbocycles. The van der Waals surface area contributed by atoms with Crippen molar-refractivity contribution in [1.29, 1.82) is 0 Å². The van der Waals surface area contributed by atoms with E-state index in [1.807, 2.05) is 0 Å². The van der Waals surface area contributed by atoms with Gasteiger partial charge in [0.15, 0.2) is 0 Å².